The Morgan fingerprint density at radius 2 is 1.79 bits per heavy atom. The quantitative estimate of drug-likeness (QED) is 0.785. The zero-order chi connectivity index (χ0) is 10.6. The SMILES string of the molecule is CC(C)Cc1ccc(C(N)CF)cc1. The van der Waals surface area contributed by atoms with E-state index in [1.165, 1.54) is 5.56 Å². The van der Waals surface area contributed by atoms with Gasteiger partial charge in [-0.3, -0.25) is 0 Å². The molecule has 0 aliphatic rings. The second-order valence-corrected chi connectivity index (χ2v) is 4.10. The molecule has 1 aromatic rings. The lowest BCUT2D eigenvalue weighted by atomic mass is 10.00. The molecule has 1 aromatic carbocycles. The minimum Gasteiger partial charge on any atom is -0.322 e. The van der Waals surface area contributed by atoms with Crippen molar-refractivity contribution in [3.8, 4) is 0 Å². The highest BCUT2D eigenvalue weighted by Gasteiger charge is 2.04. The van der Waals surface area contributed by atoms with Crippen molar-refractivity contribution in [1.82, 2.24) is 0 Å². The minimum absolute atomic E-state index is 0.469. The molecule has 0 aliphatic carbocycles. The van der Waals surface area contributed by atoms with Gasteiger partial charge in [-0.1, -0.05) is 38.1 Å². The molecule has 1 rings (SSSR count). The van der Waals surface area contributed by atoms with E-state index in [4.69, 9.17) is 5.73 Å². The normalized spacial score (nSPS) is 13.2. The first kappa shape index (κ1) is 11.2. The molecule has 0 amide bonds. The molecule has 0 heterocycles. The molecular formula is C12H18FN. The Balaban J connectivity index is 2.68. The molecule has 1 nitrogen and oxygen atoms in total. The molecule has 14 heavy (non-hydrogen) atoms. The molecular weight excluding hydrogens is 177 g/mol. The van der Waals surface area contributed by atoms with E-state index in [9.17, 15) is 4.39 Å². The van der Waals surface area contributed by atoms with Crippen LogP contribution in [0, 0.1) is 5.92 Å². The van der Waals surface area contributed by atoms with Crippen LogP contribution in [-0.4, -0.2) is 6.67 Å². The summed E-state index contributed by atoms with van der Waals surface area (Å²) in [6.07, 6.45) is 1.06. The van der Waals surface area contributed by atoms with Crippen LogP contribution in [0.1, 0.15) is 31.0 Å². The van der Waals surface area contributed by atoms with Gasteiger partial charge in [0.05, 0.1) is 6.04 Å². The zero-order valence-corrected chi connectivity index (χ0v) is 8.83. The van der Waals surface area contributed by atoms with Crippen molar-refractivity contribution in [3.63, 3.8) is 0 Å². The minimum atomic E-state index is -0.497. The van der Waals surface area contributed by atoms with E-state index in [-0.39, 0.29) is 0 Å². The summed E-state index contributed by atoms with van der Waals surface area (Å²) in [5, 5.41) is 0. The Morgan fingerprint density at radius 3 is 2.21 bits per heavy atom. The van der Waals surface area contributed by atoms with Crippen molar-refractivity contribution < 1.29 is 4.39 Å². The molecule has 0 spiro atoms. The molecule has 78 valence electrons. The summed E-state index contributed by atoms with van der Waals surface area (Å²) in [6, 6.07) is 7.43. The van der Waals surface area contributed by atoms with Crippen molar-refractivity contribution in [3.05, 3.63) is 35.4 Å². The fourth-order valence-electron chi connectivity index (χ4n) is 1.46. The van der Waals surface area contributed by atoms with E-state index >= 15 is 0 Å². The van der Waals surface area contributed by atoms with E-state index in [1.807, 2.05) is 24.3 Å². The maximum absolute atomic E-state index is 12.3. The molecule has 0 bridgehead atoms. The molecule has 0 radical (unpaired) electrons. The van der Waals surface area contributed by atoms with Gasteiger partial charge in [0.25, 0.3) is 0 Å². The van der Waals surface area contributed by atoms with Crippen LogP contribution in [0.2, 0.25) is 0 Å². The van der Waals surface area contributed by atoms with Gasteiger partial charge >= 0.3 is 0 Å². The van der Waals surface area contributed by atoms with Gasteiger partial charge in [-0.05, 0) is 23.5 Å². The second-order valence-electron chi connectivity index (χ2n) is 4.10. The van der Waals surface area contributed by atoms with Crippen LogP contribution in [0.15, 0.2) is 24.3 Å². The maximum atomic E-state index is 12.3. The van der Waals surface area contributed by atoms with E-state index in [0.29, 0.717) is 5.92 Å². The van der Waals surface area contributed by atoms with E-state index in [1.54, 1.807) is 0 Å². The average Bonchev–Trinajstić information content (AvgIpc) is 2.17. The molecule has 1 unspecified atom stereocenters. The lowest BCUT2D eigenvalue weighted by molar-refractivity contribution is 0.437. The van der Waals surface area contributed by atoms with Crippen LogP contribution in [0.4, 0.5) is 4.39 Å². The van der Waals surface area contributed by atoms with Gasteiger partial charge in [-0.25, -0.2) is 4.39 Å². The zero-order valence-electron chi connectivity index (χ0n) is 8.83. The van der Waals surface area contributed by atoms with Crippen LogP contribution in [0.5, 0.6) is 0 Å². The predicted octanol–water partition coefficient (Wildman–Crippen LogP) is 2.85. The van der Waals surface area contributed by atoms with Gasteiger partial charge < -0.3 is 5.73 Å². The third kappa shape index (κ3) is 3.11. The molecule has 0 fully saturated rings. The average molecular weight is 195 g/mol. The monoisotopic (exact) mass is 195 g/mol. The van der Waals surface area contributed by atoms with Crippen molar-refractivity contribution in [2.24, 2.45) is 11.7 Å². The van der Waals surface area contributed by atoms with E-state index in [2.05, 4.69) is 13.8 Å². The summed E-state index contributed by atoms with van der Waals surface area (Å²) in [5.74, 6) is 0.649. The van der Waals surface area contributed by atoms with Crippen molar-refractivity contribution >= 4 is 0 Å². The Hall–Kier alpha value is -0.890. The first-order valence-electron chi connectivity index (χ1n) is 5.04. The summed E-state index contributed by atoms with van der Waals surface area (Å²) in [6.45, 7) is 3.87. The smallest absolute Gasteiger partial charge is 0.109 e. The van der Waals surface area contributed by atoms with Gasteiger partial charge in [-0.15, -0.1) is 0 Å². The standard InChI is InChI=1S/C12H18FN/c1-9(2)7-10-3-5-11(6-4-10)12(14)8-13/h3-6,9,12H,7-8,14H2,1-2H3. The molecule has 1 atom stereocenters. The van der Waals surface area contributed by atoms with E-state index in [0.717, 1.165) is 12.0 Å². The van der Waals surface area contributed by atoms with Gasteiger partial charge in [0.15, 0.2) is 0 Å². The Bertz CT molecular complexity index is 266. The third-order valence-corrected chi connectivity index (χ3v) is 2.22. The molecule has 2 heteroatoms. The third-order valence-electron chi connectivity index (χ3n) is 2.22. The number of alkyl halides is 1. The first-order valence-corrected chi connectivity index (χ1v) is 5.04. The summed E-state index contributed by atoms with van der Waals surface area (Å²) in [4.78, 5) is 0. The number of nitrogens with two attached hydrogens (primary N) is 1. The van der Waals surface area contributed by atoms with Crippen molar-refractivity contribution in [2.45, 2.75) is 26.3 Å². The van der Waals surface area contributed by atoms with Crippen LogP contribution in [0.3, 0.4) is 0 Å². The first-order chi connectivity index (χ1) is 6.63. The molecule has 0 aliphatic heterocycles. The molecule has 0 aromatic heterocycles. The second kappa shape index (κ2) is 5.11. The Kier molecular flexibility index (Phi) is 4.08. The van der Waals surface area contributed by atoms with Gasteiger partial charge in [0.2, 0.25) is 0 Å². The largest absolute Gasteiger partial charge is 0.322 e. The number of benzene rings is 1. The summed E-state index contributed by atoms with van der Waals surface area (Å²) in [7, 11) is 0. The lowest BCUT2D eigenvalue weighted by Crippen LogP contribution is -2.11. The number of hydrogen-bond acceptors (Lipinski definition) is 1. The number of halogens is 1. The lowest BCUT2D eigenvalue weighted by Gasteiger charge is -2.09. The molecule has 0 saturated carbocycles. The summed E-state index contributed by atoms with van der Waals surface area (Å²) >= 11 is 0. The highest BCUT2D eigenvalue weighted by Crippen LogP contribution is 2.14. The molecule has 2 N–H and O–H groups in total. The maximum Gasteiger partial charge on any atom is 0.109 e. The van der Waals surface area contributed by atoms with Gasteiger partial charge in [0.1, 0.15) is 6.67 Å². The summed E-state index contributed by atoms with van der Waals surface area (Å²) < 4.78 is 12.3. The number of rotatable bonds is 4. The van der Waals surface area contributed by atoms with Gasteiger partial charge in [-0.2, -0.15) is 0 Å². The Labute approximate surface area is 85.1 Å². The molecule has 0 saturated heterocycles. The van der Waals surface area contributed by atoms with Gasteiger partial charge in [0, 0.05) is 0 Å². The van der Waals surface area contributed by atoms with Crippen molar-refractivity contribution in [1.29, 1.82) is 0 Å². The van der Waals surface area contributed by atoms with Crippen LogP contribution in [-0.2, 0) is 6.42 Å². The van der Waals surface area contributed by atoms with Crippen LogP contribution >= 0.6 is 0 Å². The predicted molar refractivity (Wildman–Crippen MR) is 57.9 cm³/mol. The topological polar surface area (TPSA) is 26.0 Å². The number of hydrogen-bond donors (Lipinski definition) is 1. The fraction of sp³-hybridized carbons (Fsp3) is 0.500. The summed E-state index contributed by atoms with van der Waals surface area (Å²) in [5.41, 5.74) is 7.73. The van der Waals surface area contributed by atoms with Crippen LogP contribution < -0.4 is 5.73 Å². The van der Waals surface area contributed by atoms with Crippen molar-refractivity contribution in [2.75, 3.05) is 6.67 Å². The highest BCUT2D eigenvalue weighted by molar-refractivity contribution is 5.25. The fourth-order valence-corrected chi connectivity index (χ4v) is 1.46. The van der Waals surface area contributed by atoms with E-state index < -0.39 is 12.7 Å². The Morgan fingerprint density at radius 1 is 1.21 bits per heavy atom. The van der Waals surface area contributed by atoms with Crippen LogP contribution in [0.25, 0.3) is 0 Å². The highest BCUT2D eigenvalue weighted by atomic mass is 19.1.